The molecule has 1 aromatic rings. The van der Waals surface area contributed by atoms with Gasteiger partial charge in [-0.05, 0) is 47.5 Å². The summed E-state index contributed by atoms with van der Waals surface area (Å²) in [7, 11) is 0. The Hall–Kier alpha value is -0.0300. The number of rotatable bonds is 4. The van der Waals surface area contributed by atoms with E-state index < -0.39 is 6.10 Å². The molecule has 0 aliphatic rings. The molecule has 1 aromatic carbocycles. The summed E-state index contributed by atoms with van der Waals surface area (Å²) in [5.74, 6) is 0. The quantitative estimate of drug-likeness (QED) is 0.838. The summed E-state index contributed by atoms with van der Waals surface area (Å²) in [6.07, 6.45) is -0.794. The van der Waals surface area contributed by atoms with Crippen LogP contribution in [0.25, 0.3) is 0 Å². The van der Waals surface area contributed by atoms with E-state index in [0.717, 1.165) is 14.9 Å². The predicted molar refractivity (Wildman–Crippen MR) is 71.8 cm³/mol. The maximum Gasteiger partial charge on any atom is 0.0762 e. The summed E-state index contributed by atoms with van der Waals surface area (Å²) in [6, 6.07) is 5.80. The van der Waals surface area contributed by atoms with Crippen molar-refractivity contribution in [3.05, 3.63) is 28.2 Å². The lowest BCUT2D eigenvalue weighted by Crippen LogP contribution is -2.14. The first-order chi connectivity index (χ1) is 7.41. The third-order valence-corrected chi connectivity index (χ3v) is 4.72. The number of hydrogen-bond acceptors (Lipinski definition) is 3. The van der Waals surface area contributed by atoms with E-state index in [4.69, 9.17) is 0 Å². The Kier molecular flexibility index (Phi) is 5.31. The molecule has 0 spiro atoms. The molecule has 0 aliphatic carbocycles. The Morgan fingerprint density at radius 3 is 2.25 bits per heavy atom. The molecule has 2 N–H and O–H groups in total. The second kappa shape index (κ2) is 6.05. The van der Waals surface area contributed by atoms with Gasteiger partial charge in [-0.25, -0.2) is 0 Å². The van der Waals surface area contributed by atoms with Gasteiger partial charge in [0.25, 0.3) is 0 Å². The lowest BCUT2D eigenvalue weighted by atomic mass is 10.1. The zero-order valence-electron chi connectivity index (χ0n) is 9.64. The standard InChI is InChI=1S/C12H17BrO2S/c1-7(14)9(3)16-12-5-4-10(8(2)15)6-11(12)13/h4-9,14-15H,1-3H3/t7?,8-,9?/m0/s1. The fourth-order valence-corrected chi connectivity index (χ4v) is 2.76. The molecule has 3 atom stereocenters. The smallest absolute Gasteiger partial charge is 0.0762 e. The predicted octanol–water partition coefficient (Wildman–Crippen LogP) is 3.36. The summed E-state index contributed by atoms with van der Waals surface area (Å²) >= 11 is 5.10. The van der Waals surface area contributed by atoms with E-state index in [1.165, 1.54) is 0 Å². The minimum atomic E-state index is -0.454. The van der Waals surface area contributed by atoms with Gasteiger partial charge < -0.3 is 10.2 Å². The van der Waals surface area contributed by atoms with E-state index in [1.54, 1.807) is 25.6 Å². The Labute approximate surface area is 109 Å². The van der Waals surface area contributed by atoms with Gasteiger partial charge in [-0.15, -0.1) is 11.8 Å². The maximum absolute atomic E-state index is 9.44. The highest BCUT2D eigenvalue weighted by molar-refractivity contribution is 9.10. The molecule has 0 heterocycles. The second-order valence-electron chi connectivity index (χ2n) is 3.93. The van der Waals surface area contributed by atoms with Crippen LogP contribution in [-0.2, 0) is 0 Å². The summed E-state index contributed by atoms with van der Waals surface area (Å²) in [5.41, 5.74) is 0.890. The van der Waals surface area contributed by atoms with Crippen LogP contribution in [0, 0.1) is 0 Å². The number of benzene rings is 1. The second-order valence-corrected chi connectivity index (χ2v) is 6.20. The van der Waals surface area contributed by atoms with E-state index in [0.29, 0.717) is 0 Å². The van der Waals surface area contributed by atoms with Crippen LogP contribution >= 0.6 is 27.7 Å². The lowest BCUT2D eigenvalue weighted by Gasteiger charge is -2.16. The van der Waals surface area contributed by atoms with Gasteiger partial charge in [-0.1, -0.05) is 13.0 Å². The molecule has 0 aliphatic heterocycles. The van der Waals surface area contributed by atoms with Crippen molar-refractivity contribution < 1.29 is 10.2 Å². The third kappa shape index (κ3) is 3.77. The topological polar surface area (TPSA) is 40.5 Å². The van der Waals surface area contributed by atoms with Crippen LogP contribution in [0.5, 0.6) is 0 Å². The van der Waals surface area contributed by atoms with Crippen LogP contribution in [0.3, 0.4) is 0 Å². The van der Waals surface area contributed by atoms with E-state index >= 15 is 0 Å². The van der Waals surface area contributed by atoms with E-state index in [2.05, 4.69) is 15.9 Å². The molecule has 0 saturated heterocycles. The van der Waals surface area contributed by atoms with Crippen molar-refractivity contribution in [3.8, 4) is 0 Å². The average molecular weight is 305 g/mol. The van der Waals surface area contributed by atoms with Crippen molar-refractivity contribution in [2.45, 2.75) is 43.1 Å². The van der Waals surface area contributed by atoms with Crippen molar-refractivity contribution in [1.82, 2.24) is 0 Å². The SMILES string of the molecule is CC(O)C(C)Sc1ccc([C@H](C)O)cc1Br. The van der Waals surface area contributed by atoms with Crippen LogP contribution in [0.2, 0.25) is 0 Å². The largest absolute Gasteiger partial charge is 0.392 e. The van der Waals surface area contributed by atoms with Crippen molar-refractivity contribution in [3.63, 3.8) is 0 Å². The first-order valence-electron chi connectivity index (χ1n) is 5.24. The molecule has 0 amide bonds. The molecule has 2 nitrogen and oxygen atoms in total. The zero-order chi connectivity index (χ0) is 12.3. The number of aliphatic hydroxyl groups is 2. The third-order valence-electron chi connectivity index (χ3n) is 2.43. The molecular weight excluding hydrogens is 288 g/mol. The fraction of sp³-hybridized carbons (Fsp3) is 0.500. The molecule has 16 heavy (non-hydrogen) atoms. The molecule has 0 radical (unpaired) electrons. The Bertz CT molecular complexity index is 353. The van der Waals surface area contributed by atoms with Crippen LogP contribution in [0.15, 0.2) is 27.6 Å². The molecule has 90 valence electrons. The van der Waals surface area contributed by atoms with E-state index in [-0.39, 0.29) is 11.4 Å². The maximum atomic E-state index is 9.44. The van der Waals surface area contributed by atoms with Gasteiger partial charge in [-0.2, -0.15) is 0 Å². The minimum absolute atomic E-state index is 0.147. The highest BCUT2D eigenvalue weighted by Gasteiger charge is 2.13. The number of thioether (sulfide) groups is 1. The summed E-state index contributed by atoms with van der Waals surface area (Å²) in [6.45, 7) is 5.52. The molecule has 4 heteroatoms. The van der Waals surface area contributed by atoms with Crippen LogP contribution in [0.1, 0.15) is 32.4 Å². The monoisotopic (exact) mass is 304 g/mol. The Balaban J connectivity index is 2.83. The van der Waals surface area contributed by atoms with Gasteiger partial charge in [-0.3, -0.25) is 0 Å². The van der Waals surface area contributed by atoms with Crippen molar-refractivity contribution >= 4 is 27.7 Å². The summed E-state index contributed by atoms with van der Waals surface area (Å²) in [4.78, 5) is 1.08. The normalized spacial score (nSPS) is 16.9. The summed E-state index contributed by atoms with van der Waals surface area (Å²) < 4.78 is 0.961. The van der Waals surface area contributed by atoms with Crippen molar-refractivity contribution in [2.24, 2.45) is 0 Å². The van der Waals surface area contributed by atoms with Gasteiger partial charge >= 0.3 is 0 Å². The van der Waals surface area contributed by atoms with Gasteiger partial charge in [0.05, 0.1) is 12.2 Å². The van der Waals surface area contributed by atoms with E-state index in [9.17, 15) is 10.2 Å². The lowest BCUT2D eigenvalue weighted by molar-refractivity contribution is 0.196. The van der Waals surface area contributed by atoms with E-state index in [1.807, 2.05) is 25.1 Å². The first kappa shape index (κ1) is 14.0. The van der Waals surface area contributed by atoms with Gasteiger partial charge in [0.15, 0.2) is 0 Å². The highest BCUT2D eigenvalue weighted by atomic mass is 79.9. The van der Waals surface area contributed by atoms with Crippen LogP contribution in [0.4, 0.5) is 0 Å². The fourth-order valence-electron chi connectivity index (χ4n) is 1.17. The van der Waals surface area contributed by atoms with Crippen LogP contribution in [-0.4, -0.2) is 21.6 Å². The molecular formula is C12H17BrO2S. The number of aliphatic hydroxyl groups excluding tert-OH is 2. The van der Waals surface area contributed by atoms with Gasteiger partial charge in [0, 0.05) is 14.6 Å². The molecule has 2 unspecified atom stereocenters. The number of halogens is 1. The minimum Gasteiger partial charge on any atom is -0.392 e. The molecule has 0 aromatic heterocycles. The zero-order valence-corrected chi connectivity index (χ0v) is 12.0. The molecule has 0 fully saturated rings. The molecule has 1 rings (SSSR count). The van der Waals surface area contributed by atoms with Gasteiger partial charge in [0.1, 0.15) is 0 Å². The molecule has 0 bridgehead atoms. The molecule has 0 saturated carbocycles. The number of hydrogen-bond donors (Lipinski definition) is 2. The van der Waals surface area contributed by atoms with Crippen molar-refractivity contribution in [1.29, 1.82) is 0 Å². The Morgan fingerprint density at radius 1 is 1.19 bits per heavy atom. The highest BCUT2D eigenvalue weighted by Crippen LogP contribution is 2.33. The van der Waals surface area contributed by atoms with Crippen molar-refractivity contribution in [2.75, 3.05) is 0 Å². The van der Waals surface area contributed by atoms with Gasteiger partial charge in [0.2, 0.25) is 0 Å². The summed E-state index contributed by atoms with van der Waals surface area (Å²) in [5, 5.41) is 19.0. The average Bonchev–Trinajstić information content (AvgIpc) is 2.20. The van der Waals surface area contributed by atoms with Crippen LogP contribution < -0.4 is 0 Å². The Morgan fingerprint density at radius 2 is 1.81 bits per heavy atom. The first-order valence-corrected chi connectivity index (χ1v) is 6.91.